The van der Waals surface area contributed by atoms with Gasteiger partial charge in [-0.25, -0.2) is 4.98 Å². The Hall–Kier alpha value is -1.58. The number of nitrogens with zero attached hydrogens (tertiary/aromatic N) is 2. The molecule has 0 aliphatic rings. The van der Waals surface area contributed by atoms with E-state index in [0.29, 0.717) is 0 Å². The molecule has 0 atom stereocenters. The van der Waals surface area contributed by atoms with Gasteiger partial charge in [-0.15, -0.1) is 0 Å². The van der Waals surface area contributed by atoms with Gasteiger partial charge in [0.2, 0.25) is 5.95 Å². The van der Waals surface area contributed by atoms with E-state index in [9.17, 15) is 0 Å². The molecule has 0 aromatic carbocycles. The molecule has 0 unspecified atom stereocenters. The molecule has 0 fully saturated rings. The standard InChI is InChI=1S/C9H12N4/c1-3-10-9-12-7-4-6(2)5-11-8(7)13-9/h4-5H,3H2,1-2H3,(H2,10,11,12,13). The molecule has 0 aliphatic heterocycles. The van der Waals surface area contributed by atoms with E-state index in [1.807, 2.05) is 26.1 Å². The minimum atomic E-state index is 0.765. The summed E-state index contributed by atoms with van der Waals surface area (Å²) >= 11 is 0. The molecular formula is C9H12N4. The van der Waals surface area contributed by atoms with Crippen molar-refractivity contribution in [2.45, 2.75) is 13.8 Å². The van der Waals surface area contributed by atoms with Gasteiger partial charge in [-0.1, -0.05) is 0 Å². The number of hydrogen-bond acceptors (Lipinski definition) is 3. The van der Waals surface area contributed by atoms with Crippen LogP contribution >= 0.6 is 0 Å². The van der Waals surface area contributed by atoms with Crippen molar-refractivity contribution in [2.75, 3.05) is 11.9 Å². The number of hydrogen-bond donors (Lipinski definition) is 2. The minimum absolute atomic E-state index is 0.765. The maximum atomic E-state index is 4.27. The maximum Gasteiger partial charge on any atom is 0.202 e. The molecule has 0 aliphatic carbocycles. The molecule has 0 amide bonds. The van der Waals surface area contributed by atoms with E-state index in [-0.39, 0.29) is 0 Å². The van der Waals surface area contributed by atoms with Crippen molar-refractivity contribution < 1.29 is 0 Å². The van der Waals surface area contributed by atoms with Crippen LogP contribution in [0.2, 0.25) is 0 Å². The van der Waals surface area contributed by atoms with Crippen LogP contribution < -0.4 is 5.32 Å². The average Bonchev–Trinajstić information content (AvgIpc) is 2.46. The smallest absolute Gasteiger partial charge is 0.202 e. The highest BCUT2D eigenvalue weighted by Crippen LogP contribution is 2.12. The van der Waals surface area contributed by atoms with Crippen molar-refractivity contribution in [2.24, 2.45) is 0 Å². The molecular weight excluding hydrogens is 164 g/mol. The van der Waals surface area contributed by atoms with Gasteiger partial charge in [0.25, 0.3) is 0 Å². The Balaban J connectivity index is 2.49. The van der Waals surface area contributed by atoms with Crippen LogP contribution in [0.4, 0.5) is 5.95 Å². The lowest BCUT2D eigenvalue weighted by molar-refractivity contribution is 1.14. The van der Waals surface area contributed by atoms with E-state index in [1.54, 1.807) is 0 Å². The molecule has 2 N–H and O–H groups in total. The lowest BCUT2D eigenvalue weighted by Gasteiger charge is -1.93. The zero-order valence-corrected chi connectivity index (χ0v) is 7.76. The number of imidazole rings is 1. The SMILES string of the molecule is CCNc1nc2ncc(C)cc2[nH]1. The highest BCUT2D eigenvalue weighted by atomic mass is 15.1. The van der Waals surface area contributed by atoms with Crippen LogP contribution in [0.3, 0.4) is 0 Å². The van der Waals surface area contributed by atoms with E-state index >= 15 is 0 Å². The van der Waals surface area contributed by atoms with Gasteiger partial charge >= 0.3 is 0 Å². The van der Waals surface area contributed by atoms with Crippen LogP contribution in [0.25, 0.3) is 11.2 Å². The lowest BCUT2D eigenvalue weighted by Crippen LogP contribution is -1.97. The minimum Gasteiger partial charge on any atom is -0.356 e. The van der Waals surface area contributed by atoms with Crippen molar-refractivity contribution >= 4 is 17.1 Å². The number of aryl methyl sites for hydroxylation is 1. The first-order chi connectivity index (χ1) is 6.29. The number of fused-ring (bicyclic) bond motifs is 1. The number of aromatic amines is 1. The second-order valence-electron chi connectivity index (χ2n) is 3.00. The number of rotatable bonds is 2. The van der Waals surface area contributed by atoms with Gasteiger partial charge in [-0.2, -0.15) is 4.98 Å². The number of anilines is 1. The Morgan fingerprint density at radius 3 is 3.15 bits per heavy atom. The van der Waals surface area contributed by atoms with Gasteiger partial charge in [0, 0.05) is 12.7 Å². The van der Waals surface area contributed by atoms with Crippen molar-refractivity contribution in [3.63, 3.8) is 0 Å². The van der Waals surface area contributed by atoms with Crippen LogP contribution in [0.1, 0.15) is 12.5 Å². The van der Waals surface area contributed by atoms with Gasteiger partial charge in [-0.05, 0) is 25.5 Å². The predicted molar refractivity (Wildman–Crippen MR) is 52.8 cm³/mol. The maximum absolute atomic E-state index is 4.27. The Morgan fingerprint density at radius 2 is 2.38 bits per heavy atom. The highest BCUT2D eigenvalue weighted by molar-refractivity contribution is 5.73. The fourth-order valence-corrected chi connectivity index (χ4v) is 1.26. The fourth-order valence-electron chi connectivity index (χ4n) is 1.26. The summed E-state index contributed by atoms with van der Waals surface area (Å²) in [5.41, 5.74) is 2.89. The first-order valence-corrected chi connectivity index (χ1v) is 4.36. The second kappa shape index (κ2) is 3.05. The number of nitrogens with one attached hydrogen (secondary N) is 2. The first-order valence-electron chi connectivity index (χ1n) is 4.36. The molecule has 2 rings (SSSR count). The van der Waals surface area contributed by atoms with Crippen LogP contribution in [-0.4, -0.2) is 21.5 Å². The third kappa shape index (κ3) is 1.47. The summed E-state index contributed by atoms with van der Waals surface area (Å²) in [6.45, 7) is 4.91. The molecule has 68 valence electrons. The summed E-state index contributed by atoms with van der Waals surface area (Å²) in [7, 11) is 0. The summed E-state index contributed by atoms with van der Waals surface area (Å²) in [6, 6.07) is 2.04. The normalized spacial score (nSPS) is 10.6. The van der Waals surface area contributed by atoms with Gasteiger partial charge < -0.3 is 10.3 Å². The van der Waals surface area contributed by atoms with Crippen LogP contribution in [-0.2, 0) is 0 Å². The van der Waals surface area contributed by atoms with E-state index in [2.05, 4.69) is 20.3 Å². The molecule has 2 aromatic heterocycles. The molecule has 4 nitrogen and oxygen atoms in total. The van der Waals surface area contributed by atoms with E-state index in [4.69, 9.17) is 0 Å². The molecule has 0 saturated carbocycles. The summed E-state index contributed by atoms with van der Waals surface area (Å²) < 4.78 is 0. The Kier molecular flexibility index (Phi) is 1.88. The van der Waals surface area contributed by atoms with E-state index in [0.717, 1.165) is 29.2 Å². The van der Waals surface area contributed by atoms with Crippen molar-refractivity contribution in [1.82, 2.24) is 15.0 Å². The van der Waals surface area contributed by atoms with Gasteiger partial charge in [0.15, 0.2) is 5.65 Å². The third-order valence-electron chi connectivity index (χ3n) is 1.82. The van der Waals surface area contributed by atoms with Gasteiger partial charge in [0.1, 0.15) is 0 Å². The molecule has 2 aromatic rings. The number of aromatic nitrogens is 3. The average molecular weight is 176 g/mol. The Bertz CT molecular complexity index is 418. The van der Waals surface area contributed by atoms with E-state index < -0.39 is 0 Å². The lowest BCUT2D eigenvalue weighted by atomic mass is 10.3. The topological polar surface area (TPSA) is 53.6 Å². The summed E-state index contributed by atoms with van der Waals surface area (Å²) in [6.07, 6.45) is 1.82. The zero-order valence-electron chi connectivity index (χ0n) is 7.76. The molecule has 0 spiro atoms. The number of H-pyrrole nitrogens is 1. The summed E-state index contributed by atoms with van der Waals surface area (Å²) in [5.74, 6) is 0.788. The number of pyridine rings is 1. The summed E-state index contributed by atoms with van der Waals surface area (Å²) in [5, 5.41) is 3.11. The molecule has 0 saturated heterocycles. The first kappa shape index (κ1) is 8.04. The predicted octanol–water partition coefficient (Wildman–Crippen LogP) is 1.70. The Morgan fingerprint density at radius 1 is 1.54 bits per heavy atom. The third-order valence-corrected chi connectivity index (χ3v) is 1.82. The van der Waals surface area contributed by atoms with Crippen LogP contribution in [0.15, 0.2) is 12.3 Å². The monoisotopic (exact) mass is 176 g/mol. The quantitative estimate of drug-likeness (QED) is 0.732. The fraction of sp³-hybridized carbons (Fsp3) is 0.333. The van der Waals surface area contributed by atoms with Crippen molar-refractivity contribution in [3.8, 4) is 0 Å². The molecule has 0 radical (unpaired) electrons. The van der Waals surface area contributed by atoms with Crippen molar-refractivity contribution in [1.29, 1.82) is 0 Å². The molecule has 13 heavy (non-hydrogen) atoms. The van der Waals surface area contributed by atoms with Crippen LogP contribution in [0, 0.1) is 6.92 Å². The largest absolute Gasteiger partial charge is 0.356 e. The molecule has 2 heterocycles. The summed E-state index contributed by atoms with van der Waals surface area (Å²) in [4.78, 5) is 11.6. The zero-order chi connectivity index (χ0) is 9.26. The van der Waals surface area contributed by atoms with Gasteiger partial charge in [0.05, 0.1) is 5.52 Å². The van der Waals surface area contributed by atoms with Gasteiger partial charge in [-0.3, -0.25) is 0 Å². The highest BCUT2D eigenvalue weighted by Gasteiger charge is 2.01. The van der Waals surface area contributed by atoms with Crippen molar-refractivity contribution in [3.05, 3.63) is 17.8 Å². The second-order valence-corrected chi connectivity index (χ2v) is 3.00. The molecule has 4 heteroatoms. The van der Waals surface area contributed by atoms with E-state index in [1.165, 1.54) is 0 Å². The van der Waals surface area contributed by atoms with Crippen LogP contribution in [0.5, 0.6) is 0 Å². The molecule has 0 bridgehead atoms. The Labute approximate surface area is 76.4 Å².